The lowest BCUT2D eigenvalue weighted by atomic mass is 10.1. The Morgan fingerprint density at radius 1 is 1.33 bits per heavy atom. The van der Waals surface area contributed by atoms with Crippen molar-refractivity contribution in [2.75, 3.05) is 13.1 Å². The summed E-state index contributed by atoms with van der Waals surface area (Å²) in [6.07, 6.45) is 2.25. The SMILES string of the molecule is CC(=O)OC1CCC(C)CN(C(C)C)C1. The van der Waals surface area contributed by atoms with Crippen LogP contribution >= 0.6 is 0 Å². The predicted octanol–water partition coefficient (Wildman–Crippen LogP) is 2.06. The van der Waals surface area contributed by atoms with Gasteiger partial charge in [0, 0.05) is 26.1 Å². The average molecular weight is 213 g/mol. The lowest BCUT2D eigenvalue weighted by molar-refractivity contribution is -0.147. The summed E-state index contributed by atoms with van der Waals surface area (Å²) in [5.41, 5.74) is 0. The van der Waals surface area contributed by atoms with Gasteiger partial charge in [-0.05, 0) is 32.6 Å². The second-order valence-corrected chi connectivity index (χ2v) is 4.96. The summed E-state index contributed by atoms with van der Waals surface area (Å²) in [7, 11) is 0. The van der Waals surface area contributed by atoms with E-state index in [2.05, 4.69) is 25.7 Å². The molecule has 15 heavy (non-hydrogen) atoms. The summed E-state index contributed by atoms with van der Waals surface area (Å²) in [5.74, 6) is 0.547. The summed E-state index contributed by atoms with van der Waals surface area (Å²) in [4.78, 5) is 13.3. The van der Waals surface area contributed by atoms with Crippen LogP contribution in [-0.2, 0) is 9.53 Å². The summed E-state index contributed by atoms with van der Waals surface area (Å²) < 4.78 is 5.32. The summed E-state index contributed by atoms with van der Waals surface area (Å²) in [5, 5.41) is 0. The zero-order chi connectivity index (χ0) is 11.4. The number of hydrogen-bond acceptors (Lipinski definition) is 3. The highest BCUT2D eigenvalue weighted by atomic mass is 16.5. The topological polar surface area (TPSA) is 29.5 Å². The van der Waals surface area contributed by atoms with Crippen LogP contribution in [0.5, 0.6) is 0 Å². The van der Waals surface area contributed by atoms with Crippen LogP contribution < -0.4 is 0 Å². The van der Waals surface area contributed by atoms with Crippen LogP contribution in [0.25, 0.3) is 0 Å². The van der Waals surface area contributed by atoms with Crippen LogP contribution in [0.1, 0.15) is 40.5 Å². The van der Waals surface area contributed by atoms with Gasteiger partial charge in [0.25, 0.3) is 0 Å². The molecule has 0 saturated carbocycles. The van der Waals surface area contributed by atoms with E-state index < -0.39 is 0 Å². The molecule has 1 rings (SSSR count). The van der Waals surface area contributed by atoms with Crippen LogP contribution in [-0.4, -0.2) is 36.1 Å². The lowest BCUT2D eigenvalue weighted by Crippen LogP contribution is -2.38. The highest BCUT2D eigenvalue weighted by Crippen LogP contribution is 2.19. The second-order valence-electron chi connectivity index (χ2n) is 4.96. The number of likely N-dealkylation sites (tertiary alicyclic amines) is 1. The van der Waals surface area contributed by atoms with Gasteiger partial charge in [0.1, 0.15) is 6.10 Å². The number of carbonyl (C=O) groups excluding carboxylic acids is 1. The summed E-state index contributed by atoms with van der Waals surface area (Å²) >= 11 is 0. The number of ether oxygens (including phenoxy) is 1. The normalized spacial score (nSPS) is 28.9. The van der Waals surface area contributed by atoms with Gasteiger partial charge in [-0.3, -0.25) is 9.69 Å². The van der Waals surface area contributed by atoms with Crippen LogP contribution in [0.15, 0.2) is 0 Å². The van der Waals surface area contributed by atoms with E-state index in [1.807, 2.05) is 0 Å². The average Bonchev–Trinajstić information content (AvgIpc) is 2.27. The van der Waals surface area contributed by atoms with Crippen molar-refractivity contribution in [3.8, 4) is 0 Å². The van der Waals surface area contributed by atoms with Crippen LogP contribution in [0.2, 0.25) is 0 Å². The predicted molar refractivity (Wildman–Crippen MR) is 60.7 cm³/mol. The van der Waals surface area contributed by atoms with E-state index in [1.165, 1.54) is 6.92 Å². The van der Waals surface area contributed by atoms with Crippen molar-refractivity contribution in [2.45, 2.75) is 52.7 Å². The van der Waals surface area contributed by atoms with Gasteiger partial charge in [-0.1, -0.05) is 6.92 Å². The Morgan fingerprint density at radius 2 is 2.00 bits per heavy atom. The first-order valence-corrected chi connectivity index (χ1v) is 5.90. The molecule has 3 nitrogen and oxygen atoms in total. The molecule has 0 aliphatic carbocycles. The van der Waals surface area contributed by atoms with Crippen molar-refractivity contribution in [1.29, 1.82) is 0 Å². The zero-order valence-electron chi connectivity index (χ0n) is 10.3. The molecule has 0 aromatic heterocycles. The number of esters is 1. The molecule has 0 bridgehead atoms. The smallest absolute Gasteiger partial charge is 0.302 e. The van der Waals surface area contributed by atoms with Gasteiger partial charge in [-0.25, -0.2) is 0 Å². The number of hydrogen-bond donors (Lipinski definition) is 0. The van der Waals surface area contributed by atoms with Crippen LogP contribution in [0, 0.1) is 5.92 Å². The van der Waals surface area contributed by atoms with E-state index in [1.54, 1.807) is 0 Å². The first kappa shape index (κ1) is 12.5. The van der Waals surface area contributed by atoms with Gasteiger partial charge in [-0.2, -0.15) is 0 Å². The highest BCUT2D eigenvalue weighted by molar-refractivity contribution is 5.66. The van der Waals surface area contributed by atoms with E-state index in [4.69, 9.17) is 4.74 Å². The fourth-order valence-electron chi connectivity index (χ4n) is 2.14. The van der Waals surface area contributed by atoms with Crippen molar-refractivity contribution < 1.29 is 9.53 Å². The van der Waals surface area contributed by atoms with Crippen molar-refractivity contribution in [3.63, 3.8) is 0 Å². The van der Waals surface area contributed by atoms with Gasteiger partial charge in [-0.15, -0.1) is 0 Å². The Bertz CT molecular complexity index is 216. The molecule has 0 amide bonds. The minimum Gasteiger partial charge on any atom is -0.461 e. The minimum absolute atomic E-state index is 0.0925. The Kier molecular flexibility index (Phi) is 4.58. The standard InChI is InChI=1S/C12H23NO2/c1-9(2)13-7-10(3)5-6-12(8-13)15-11(4)14/h9-10,12H,5-8H2,1-4H3. The molecular weight excluding hydrogens is 190 g/mol. The maximum absolute atomic E-state index is 10.9. The number of nitrogens with zero attached hydrogens (tertiary/aromatic N) is 1. The Balaban J connectivity index is 2.56. The van der Waals surface area contributed by atoms with Crippen LogP contribution in [0.3, 0.4) is 0 Å². The van der Waals surface area contributed by atoms with Gasteiger partial charge < -0.3 is 4.74 Å². The molecule has 1 heterocycles. The van der Waals surface area contributed by atoms with E-state index >= 15 is 0 Å². The molecule has 1 saturated heterocycles. The summed E-state index contributed by atoms with van der Waals surface area (Å²) in [6.45, 7) is 10.2. The Morgan fingerprint density at radius 3 is 2.53 bits per heavy atom. The van der Waals surface area contributed by atoms with Crippen LogP contribution in [0.4, 0.5) is 0 Å². The number of rotatable bonds is 2. The van der Waals surface area contributed by atoms with Crippen molar-refractivity contribution in [3.05, 3.63) is 0 Å². The molecule has 0 spiro atoms. The maximum atomic E-state index is 10.9. The molecule has 0 N–H and O–H groups in total. The molecule has 88 valence electrons. The highest BCUT2D eigenvalue weighted by Gasteiger charge is 2.24. The minimum atomic E-state index is -0.154. The molecule has 1 aliphatic heterocycles. The molecular formula is C12H23NO2. The van der Waals surface area contributed by atoms with Crippen molar-refractivity contribution in [2.24, 2.45) is 5.92 Å². The van der Waals surface area contributed by atoms with E-state index in [0.717, 1.165) is 25.9 Å². The monoisotopic (exact) mass is 213 g/mol. The molecule has 2 unspecified atom stereocenters. The molecule has 1 fully saturated rings. The largest absolute Gasteiger partial charge is 0.461 e. The lowest BCUT2D eigenvalue weighted by Gasteiger charge is -2.28. The van der Waals surface area contributed by atoms with Gasteiger partial charge in [0.15, 0.2) is 0 Å². The maximum Gasteiger partial charge on any atom is 0.302 e. The molecule has 0 aromatic rings. The summed E-state index contributed by atoms with van der Waals surface area (Å²) in [6, 6.07) is 0.531. The Labute approximate surface area is 92.8 Å². The number of carbonyl (C=O) groups is 1. The molecule has 0 aromatic carbocycles. The molecule has 1 aliphatic rings. The van der Waals surface area contributed by atoms with Gasteiger partial charge in [0.2, 0.25) is 0 Å². The van der Waals surface area contributed by atoms with E-state index in [9.17, 15) is 4.79 Å². The Hall–Kier alpha value is -0.570. The zero-order valence-corrected chi connectivity index (χ0v) is 10.3. The van der Waals surface area contributed by atoms with Gasteiger partial charge >= 0.3 is 5.97 Å². The molecule has 0 radical (unpaired) electrons. The fourth-order valence-corrected chi connectivity index (χ4v) is 2.14. The molecule has 3 heteroatoms. The third-order valence-corrected chi connectivity index (χ3v) is 3.03. The van der Waals surface area contributed by atoms with Crippen molar-refractivity contribution in [1.82, 2.24) is 4.90 Å². The second kappa shape index (κ2) is 5.50. The van der Waals surface area contributed by atoms with E-state index in [-0.39, 0.29) is 12.1 Å². The van der Waals surface area contributed by atoms with Gasteiger partial charge in [0.05, 0.1) is 0 Å². The molecule has 2 atom stereocenters. The quantitative estimate of drug-likeness (QED) is 0.658. The fraction of sp³-hybridized carbons (Fsp3) is 0.917. The third-order valence-electron chi connectivity index (χ3n) is 3.03. The third kappa shape index (κ3) is 4.20. The van der Waals surface area contributed by atoms with Crippen molar-refractivity contribution >= 4 is 5.97 Å². The van der Waals surface area contributed by atoms with E-state index in [0.29, 0.717) is 12.0 Å². The first-order chi connectivity index (χ1) is 6.99. The first-order valence-electron chi connectivity index (χ1n) is 5.90.